The minimum absolute atomic E-state index is 0.0109. The number of pyridine rings is 1. The molecule has 1 spiro atoms. The van der Waals surface area contributed by atoms with Gasteiger partial charge in [0.1, 0.15) is 0 Å². The van der Waals surface area contributed by atoms with Gasteiger partial charge in [-0.2, -0.15) is 0 Å². The number of likely N-dealkylation sites (tertiary alicyclic amines) is 1. The molecule has 5 heteroatoms. The van der Waals surface area contributed by atoms with Gasteiger partial charge in [-0.1, -0.05) is 6.07 Å². The summed E-state index contributed by atoms with van der Waals surface area (Å²) in [7, 11) is 1.68. The van der Waals surface area contributed by atoms with Gasteiger partial charge in [-0.3, -0.25) is 14.7 Å². The number of rotatable bonds is 4. The third kappa shape index (κ3) is 3.01. The third-order valence-electron chi connectivity index (χ3n) is 5.19. The van der Waals surface area contributed by atoms with Crippen LogP contribution in [0.3, 0.4) is 0 Å². The molecule has 0 radical (unpaired) electrons. The number of nitrogens with one attached hydrogen (secondary N) is 1. The number of hydrogen-bond donors (Lipinski definition) is 1. The van der Waals surface area contributed by atoms with Crippen molar-refractivity contribution in [2.24, 2.45) is 11.3 Å². The molecular weight excluding hydrogens is 278 g/mol. The zero-order chi connectivity index (χ0) is 15.6. The van der Waals surface area contributed by atoms with Crippen molar-refractivity contribution in [3.8, 4) is 0 Å². The number of methoxy groups -OCH3 is 1. The minimum Gasteiger partial charge on any atom is -0.384 e. The second-order valence-electron chi connectivity index (χ2n) is 6.63. The van der Waals surface area contributed by atoms with Crippen LogP contribution in [0.25, 0.3) is 0 Å². The van der Waals surface area contributed by atoms with E-state index >= 15 is 0 Å². The molecule has 3 rings (SSSR count). The molecule has 0 saturated carbocycles. The van der Waals surface area contributed by atoms with Crippen LogP contribution in [-0.4, -0.2) is 49.1 Å². The highest BCUT2D eigenvalue weighted by molar-refractivity contribution is 5.82. The maximum atomic E-state index is 12.0. The van der Waals surface area contributed by atoms with E-state index < -0.39 is 0 Å². The van der Waals surface area contributed by atoms with Crippen molar-refractivity contribution in [3.05, 3.63) is 29.6 Å². The highest BCUT2D eigenvalue weighted by atomic mass is 16.5. The Kier molecular flexibility index (Phi) is 4.45. The number of nitrogens with zero attached hydrogens (tertiary/aromatic N) is 2. The van der Waals surface area contributed by atoms with Crippen LogP contribution >= 0.6 is 0 Å². The summed E-state index contributed by atoms with van der Waals surface area (Å²) in [6, 6.07) is 6.18. The summed E-state index contributed by atoms with van der Waals surface area (Å²) < 4.78 is 5.27. The summed E-state index contributed by atoms with van der Waals surface area (Å²) in [5.74, 6) is 0.174. The maximum Gasteiger partial charge on any atom is 0.226 e. The minimum atomic E-state index is 0.0109. The Labute approximate surface area is 132 Å². The summed E-state index contributed by atoms with van der Waals surface area (Å²) in [5, 5.41) is 3.04. The van der Waals surface area contributed by atoms with Crippen molar-refractivity contribution in [3.63, 3.8) is 0 Å². The second-order valence-corrected chi connectivity index (χ2v) is 6.63. The molecule has 5 nitrogen and oxygen atoms in total. The lowest BCUT2D eigenvalue weighted by molar-refractivity contribution is -0.126. The molecule has 1 aromatic heterocycles. The average molecular weight is 303 g/mol. The Morgan fingerprint density at radius 3 is 2.86 bits per heavy atom. The van der Waals surface area contributed by atoms with E-state index in [1.165, 1.54) is 0 Å². The topological polar surface area (TPSA) is 54.5 Å². The van der Waals surface area contributed by atoms with Gasteiger partial charge in [-0.05, 0) is 45.0 Å². The number of amides is 1. The van der Waals surface area contributed by atoms with Gasteiger partial charge < -0.3 is 10.1 Å². The second kappa shape index (κ2) is 6.34. The van der Waals surface area contributed by atoms with E-state index in [0.29, 0.717) is 6.61 Å². The Morgan fingerprint density at radius 1 is 1.41 bits per heavy atom. The lowest BCUT2D eigenvalue weighted by Crippen LogP contribution is -2.45. The Hall–Kier alpha value is -1.46. The lowest BCUT2D eigenvalue weighted by atomic mass is 9.71. The van der Waals surface area contributed by atoms with Crippen molar-refractivity contribution < 1.29 is 9.53 Å². The van der Waals surface area contributed by atoms with Crippen LogP contribution in [0, 0.1) is 18.3 Å². The molecule has 120 valence electrons. The quantitative estimate of drug-likeness (QED) is 0.912. The predicted octanol–water partition coefficient (Wildman–Crippen LogP) is 1.36. The van der Waals surface area contributed by atoms with Gasteiger partial charge in [-0.25, -0.2) is 0 Å². The van der Waals surface area contributed by atoms with Crippen LogP contribution in [0.1, 0.15) is 24.2 Å². The normalized spacial score (nSPS) is 24.6. The largest absolute Gasteiger partial charge is 0.384 e. The van der Waals surface area contributed by atoms with Gasteiger partial charge in [0.15, 0.2) is 0 Å². The van der Waals surface area contributed by atoms with E-state index in [1.807, 2.05) is 13.0 Å². The van der Waals surface area contributed by atoms with E-state index in [-0.39, 0.29) is 17.2 Å². The first kappa shape index (κ1) is 15.4. The number of piperidine rings is 1. The van der Waals surface area contributed by atoms with E-state index in [4.69, 9.17) is 4.74 Å². The zero-order valence-electron chi connectivity index (χ0n) is 13.5. The first-order valence-electron chi connectivity index (χ1n) is 8.04. The Morgan fingerprint density at radius 2 is 2.18 bits per heavy atom. The molecule has 2 saturated heterocycles. The molecular formula is C17H25N3O2. The van der Waals surface area contributed by atoms with Gasteiger partial charge >= 0.3 is 0 Å². The van der Waals surface area contributed by atoms with Crippen LogP contribution in [0.15, 0.2) is 18.2 Å². The highest BCUT2D eigenvalue weighted by Gasteiger charge is 2.49. The van der Waals surface area contributed by atoms with Crippen molar-refractivity contribution in [1.29, 1.82) is 0 Å². The molecule has 1 unspecified atom stereocenters. The van der Waals surface area contributed by atoms with Gasteiger partial charge in [0.05, 0.1) is 18.2 Å². The van der Waals surface area contributed by atoms with Crippen LogP contribution in [-0.2, 0) is 16.1 Å². The molecule has 1 N–H and O–H groups in total. The fraction of sp³-hybridized carbons (Fsp3) is 0.647. The number of carbonyl (C=O) groups excluding carboxylic acids is 1. The van der Waals surface area contributed by atoms with Crippen LogP contribution in [0.5, 0.6) is 0 Å². The van der Waals surface area contributed by atoms with Crippen molar-refractivity contribution in [1.82, 2.24) is 15.2 Å². The first-order chi connectivity index (χ1) is 10.6. The Bertz CT molecular complexity index is 538. The number of hydrogen-bond acceptors (Lipinski definition) is 4. The van der Waals surface area contributed by atoms with Gasteiger partial charge in [0, 0.05) is 31.3 Å². The van der Waals surface area contributed by atoms with Gasteiger partial charge in [0.2, 0.25) is 5.91 Å². The molecule has 3 heterocycles. The summed E-state index contributed by atoms with van der Waals surface area (Å²) in [5.41, 5.74) is 2.28. The average Bonchev–Trinajstić information content (AvgIpc) is 2.80. The van der Waals surface area contributed by atoms with E-state index in [1.54, 1.807) is 7.11 Å². The number of aromatic nitrogens is 1. The van der Waals surface area contributed by atoms with E-state index in [0.717, 1.165) is 50.4 Å². The molecule has 1 atom stereocenters. The Balaban J connectivity index is 1.61. The smallest absolute Gasteiger partial charge is 0.226 e. The molecule has 0 aliphatic carbocycles. The van der Waals surface area contributed by atoms with Crippen LogP contribution < -0.4 is 5.32 Å². The molecule has 1 aromatic rings. The maximum absolute atomic E-state index is 12.0. The first-order valence-corrected chi connectivity index (χ1v) is 8.04. The summed E-state index contributed by atoms with van der Waals surface area (Å²) in [6.07, 6.45) is 2.09. The number of carbonyl (C=O) groups is 1. The number of aryl methyl sites for hydroxylation is 1. The van der Waals surface area contributed by atoms with Crippen LogP contribution in [0.4, 0.5) is 0 Å². The standard InChI is InChI=1S/C17H25N3O2/c1-13-4-3-5-14(19-13)10-20-8-6-17(7-9-20)12-18-16(21)15(17)11-22-2/h3-5,15H,6-12H2,1-2H3,(H,18,21). The molecule has 0 bridgehead atoms. The molecule has 2 aliphatic rings. The van der Waals surface area contributed by atoms with Crippen molar-refractivity contribution >= 4 is 5.91 Å². The predicted molar refractivity (Wildman–Crippen MR) is 84.3 cm³/mol. The SMILES string of the molecule is COCC1C(=O)NCC12CCN(Cc1cccc(C)n1)CC2. The fourth-order valence-electron chi connectivity index (χ4n) is 3.81. The fourth-order valence-corrected chi connectivity index (χ4v) is 3.81. The van der Waals surface area contributed by atoms with Crippen LogP contribution in [0.2, 0.25) is 0 Å². The van der Waals surface area contributed by atoms with Crippen molar-refractivity contribution in [2.75, 3.05) is 33.4 Å². The number of ether oxygens (including phenoxy) is 1. The molecule has 2 aliphatic heterocycles. The molecule has 0 aromatic carbocycles. The van der Waals surface area contributed by atoms with Gasteiger partial charge in [0.25, 0.3) is 0 Å². The highest BCUT2D eigenvalue weighted by Crippen LogP contribution is 2.42. The van der Waals surface area contributed by atoms with Crippen molar-refractivity contribution in [2.45, 2.75) is 26.3 Å². The monoisotopic (exact) mass is 303 g/mol. The molecule has 1 amide bonds. The summed E-state index contributed by atoms with van der Waals surface area (Å²) >= 11 is 0. The molecule has 22 heavy (non-hydrogen) atoms. The van der Waals surface area contributed by atoms with E-state index in [9.17, 15) is 4.79 Å². The van der Waals surface area contributed by atoms with E-state index in [2.05, 4.69) is 27.3 Å². The summed E-state index contributed by atoms with van der Waals surface area (Å²) in [4.78, 5) is 19.1. The zero-order valence-corrected chi connectivity index (χ0v) is 13.5. The summed E-state index contributed by atoms with van der Waals surface area (Å²) in [6.45, 7) is 6.30. The lowest BCUT2D eigenvalue weighted by Gasteiger charge is -2.41. The third-order valence-corrected chi connectivity index (χ3v) is 5.19. The molecule has 2 fully saturated rings. The van der Waals surface area contributed by atoms with Gasteiger partial charge in [-0.15, -0.1) is 0 Å².